The molecule has 0 spiro atoms. The molecule has 2 heterocycles. The first kappa shape index (κ1) is 14.1. The lowest BCUT2D eigenvalue weighted by Crippen LogP contribution is -1.87. The summed E-state index contributed by atoms with van der Waals surface area (Å²) in [5, 5.41) is 21.0. The summed E-state index contributed by atoms with van der Waals surface area (Å²) in [6.07, 6.45) is -0.744. The van der Waals surface area contributed by atoms with Gasteiger partial charge in [0, 0.05) is 10.9 Å². The van der Waals surface area contributed by atoms with Gasteiger partial charge in [0.15, 0.2) is 5.58 Å². The number of nitro groups is 1. The Morgan fingerprint density at radius 3 is 2.90 bits per heavy atom. The summed E-state index contributed by atoms with van der Waals surface area (Å²) >= 11 is 2.27. The molecule has 0 unspecified atom stereocenters. The van der Waals surface area contributed by atoms with Crippen LogP contribution in [0, 0.1) is 10.1 Å². The van der Waals surface area contributed by atoms with E-state index in [0.717, 1.165) is 11.8 Å². The van der Waals surface area contributed by atoms with E-state index in [-0.39, 0.29) is 5.69 Å². The third kappa shape index (κ3) is 2.78. The zero-order chi connectivity index (χ0) is 15.0. The Morgan fingerprint density at radius 2 is 2.24 bits per heavy atom. The van der Waals surface area contributed by atoms with Crippen LogP contribution in [0.4, 0.5) is 5.69 Å². The van der Waals surface area contributed by atoms with Gasteiger partial charge in [-0.05, 0) is 30.8 Å². The lowest BCUT2D eigenvalue weighted by molar-refractivity contribution is -0.387. The Morgan fingerprint density at radius 1 is 1.48 bits per heavy atom. The van der Waals surface area contributed by atoms with Crippen molar-refractivity contribution in [1.82, 2.24) is 4.98 Å². The minimum absolute atomic E-state index is 0.0387. The first-order chi connectivity index (χ1) is 10.0. The molecule has 0 fully saturated rings. The van der Waals surface area contributed by atoms with Gasteiger partial charge in [-0.25, -0.2) is 4.98 Å². The van der Waals surface area contributed by atoms with Crippen LogP contribution in [0.1, 0.15) is 17.9 Å². The summed E-state index contributed by atoms with van der Waals surface area (Å²) in [7, 11) is 0. The van der Waals surface area contributed by atoms with Crippen molar-refractivity contribution in [3.05, 3.63) is 45.3 Å². The van der Waals surface area contributed by atoms with Crippen molar-refractivity contribution in [2.45, 2.75) is 22.5 Å². The number of benzene rings is 1. The molecule has 0 aliphatic carbocycles. The molecule has 1 N–H and O–H groups in total. The topological polar surface area (TPSA) is 89.4 Å². The van der Waals surface area contributed by atoms with Gasteiger partial charge in [0.1, 0.15) is 9.73 Å². The SMILES string of the molecule is C[C@@H](O)c1cc([N+](=O)[O-])c(Sc2nc3ccccc3o2)s1. The summed E-state index contributed by atoms with van der Waals surface area (Å²) in [4.78, 5) is 15.4. The molecule has 1 atom stereocenters. The Labute approximate surface area is 127 Å². The van der Waals surface area contributed by atoms with E-state index in [1.165, 1.54) is 17.4 Å². The van der Waals surface area contributed by atoms with Crippen LogP contribution in [-0.2, 0) is 0 Å². The van der Waals surface area contributed by atoms with Gasteiger partial charge in [-0.1, -0.05) is 12.1 Å². The number of aromatic nitrogens is 1. The van der Waals surface area contributed by atoms with E-state index in [1.54, 1.807) is 13.0 Å². The van der Waals surface area contributed by atoms with Crippen LogP contribution in [0.15, 0.2) is 44.2 Å². The molecular weight excluding hydrogens is 312 g/mol. The number of fused-ring (bicyclic) bond motifs is 1. The number of hydrogen-bond acceptors (Lipinski definition) is 7. The predicted molar refractivity (Wildman–Crippen MR) is 79.7 cm³/mol. The Bertz CT molecular complexity index is 776. The molecule has 1 aromatic carbocycles. The van der Waals surface area contributed by atoms with E-state index in [1.807, 2.05) is 18.2 Å². The van der Waals surface area contributed by atoms with Crippen LogP contribution >= 0.6 is 23.1 Å². The van der Waals surface area contributed by atoms with E-state index < -0.39 is 11.0 Å². The molecule has 0 aliphatic heterocycles. The molecule has 8 heteroatoms. The van der Waals surface area contributed by atoms with Crippen molar-refractivity contribution in [2.24, 2.45) is 0 Å². The fraction of sp³-hybridized carbons (Fsp3) is 0.154. The van der Waals surface area contributed by atoms with Crippen LogP contribution in [0.25, 0.3) is 11.1 Å². The van der Waals surface area contributed by atoms with Crippen LogP contribution in [0.5, 0.6) is 0 Å². The van der Waals surface area contributed by atoms with Gasteiger partial charge in [0.05, 0.1) is 11.0 Å². The molecule has 21 heavy (non-hydrogen) atoms. The third-order valence-corrected chi connectivity index (χ3v) is 5.09. The van der Waals surface area contributed by atoms with Crippen molar-refractivity contribution < 1.29 is 14.4 Å². The summed E-state index contributed by atoms with van der Waals surface area (Å²) in [6, 6.07) is 8.67. The molecular formula is C13H10N2O4S2. The molecule has 0 aliphatic rings. The Balaban J connectivity index is 1.98. The number of aliphatic hydroxyl groups is 1. The largest absolute Gasteiger partial charge is 0.431 e. The fourth-order valence-corrected chi connectivity index (χ4v) is 3.90. The highest BCUT2D eigenvalue weighted by molar-refractivity contribution is 8.01. The first-order valence-corrected chi connectivity index (χ1v) is 7.67. The number of nitrogens with zero attached hydrogens (tertiary/aromatic N) is 2. The third-order valence-electron chi connectivity index (χ3n) is 2.76. The second-order valence-electron chi connectivity index (χ2n) is 4.30. The highest BCUT2D eigenvalue weighted by atomic mass is 32.2. The van der Waals surface area contributed by atoms with Gasteiger partial charge in [-0.2, -0.15) is 0 Å². The summed E-state index contributed by atoms with van der Waals surface area (Å²) < 4.78 is 6.00. The van der Waals surface area contributed by atoms with Crippen LogP contribution in [0.2, 0.25) is 0 Å². The Hall–Kier alpha value is -1.90. The van der Waals surface area contributed by atoms with Gasteiger partial charge < -0.3 is 9.52 Å². The van der Waals surface area contributed by atoms with Crippen molar-refractivity contribution in [3.8, 4) is 0 Å². The number of rotatable bonds is 4. The molecule has 3 rings (SSSR count). The van der Waals surface area contributed by atoms with Crippen molar-refractivity contribution in [1.29, 1.82) is 0 Å². The van der Waals surface area contributed by atoms with E-state index in [4.69, 9.17) is 4.42 Å². The second kappa shape index (κ2) is 5.47. The zero-order valence-electron chi connectivity index (χ0n) is 10.8. The monoisotopic (exact) mass is 322 g/mol. The lowest BCUT2D eigenvalue weighted by Gasteiger charge is -1.95. The molecule has 0 saturated heterocycles. The number of thiophene rings is 1. The van der Waals surface area contributed by atoms with E-state index in [2.05, 4.69) is 4.98 Å². The highest BCUT2D eigenvalue weighted by Gasteiger charge is 2.23. The van der Waals surface area contributed by atoms with Gasteiger partial charge >= 0.3 is 0 Å². The Kier molecular flexibility index (Phi) is 3.66. The molecule has 6 nitrogen and oxygen atoms in total. The normalized spacial score (nSPS) is 12.7. The fourth-order valence-electron chi connectivity index (χ4n) is 1.76. The van der Waals surface area contributed by atoms with Crippen LogP contribution < -0.4 is 0 Å². The summed E-state index contributed by atoms with van der Waals surface area (Å²) in [6.45, 7) is 1.57. The van der Waals surface area contributed by atoms with Crippen molar-refractivity contribution in [2.75, 3.05) is 0 Å². The van der Waals surface area contributed by atoms with Gasteiger partial charge in [0.25, 0.3) is 10.9 Å². The number of aliphatic hydroxyl groups excluding tert-OH is 1. The predicted octanol–water partition coefficient (Wildman–Crippen LogP) is 4.00. The second-order valence-corrected chi connectivity index (χ2v) is 6.61. The van der Waals surface area contributed by atoms with Crippen molar-refractivity contribution >= 4 is 39.9 Å². The van der Waals surface area contributed by atoms with Gasteiger partial charge in [-0.15, -0.1) is 11.3 Å². The first-order valence-electron chi connectivity index (χ1n) is 6.04. The minimum atomic E-state index is -0.744. The maximum absolute atomic E-state index is 11.1. The summed E-state index contributed by atoms with van der Waals surface area (Å²) in [5.74, 6) is 0. The van der Waals surface area contributed by atoms with Crippen LogP contribution in [-0.4, -0.2) is 15.0 Å². The van der Waals surface area contributed by atoms with E-state index in [9.17, 15) is 15.2 Å². The van der Waals surface area contributed by atoms with Crippen molar-refractivity contribution in [3.63, 3.8) is 0 Å². The number of oxazole rings is 1. The highest BCUT2D eigenvalue weighted by Crippen LogP contribution is 2.43. The standard InChI is InChI=1S/C13H10N2O4S2/c1-7(16)11-6-9(15(17)18)12(20-11)21-13-14-8-4-2-3-5-10(8)19-13/h2-7,16H,1H3/t7-/m1/s1. The lowest BCUT2D eigenvalue weighted by atomic mass is 10.3. The molecule has 2 aromatic heterocycles. The average Bonchev–Trinajstić information content (AvgIpc) is 3.02. The number of para-hydroxylation sites is 2. The molecule has 0 radical (unpaired) electrons. The maximum atomic E-state index is 11.1. The average molecular weight is 322 g/mol. The van der Waals surface area contributed by atoms with E-state index in [0.29, 0.717) is 25.4 Å². The zero-order valence-corrected chi connectivity index (χ0v) is 12.5. The van der Waals surface area contributed by atoms with Gasteiger partial charge in [-0.3, -0.25) is 10.1 Å². The molecule has 0 amide bonds. The maximum Gasteiger partial charge on any atom is 0.294 e. The van der Waals surface area contributed by atoms with Crippen LogP contribution in [0.3, 0.4) is 0 Å². The number of hydrogen-bond donors (Lipinski definition) is 1. The smallest absolute Gasteiger partial charge is 0.294 e. The molecule has 0 saturated carbocycles. The molecule has 3 aromatic rings. The van der Waals surface area contributed by atoms with Gasteiger partial charge in [0.2, 0.25) is 0 Å². The summed E-state index contributed by atoms with van der Waals surface area (Å²) in [5.41, 5.74) is 1.30. The molecule has 0 bridgehead atoms. The quantitative estimate of drug-likeness (QED) is 0.577. The minimum Gasteiger partial charge on any atom is -0.431 e. The van der Waals surface area contributed by atoms with E-state index >= 15 is 0 Å². The molecule has 108 valence electrons.